The molecular weight excluding hydrogens is 396 g/mol. The van der Waals surface area contributed by atoms with E-state index in [4.69, 9.17) is 21.1 Å². The van der Waals surface area contributed by atoms with Gasteiger partial charge >= 0.3 is 5.97 Å². The molecule has 0 spiro atoms. The Morgan fingerprint density at radius 1 is 1.17 bits per heavy atom. The van der Waals surface area contributed by atoms with Gasteiger partial charge in [0.05, 0.1) is 17.2 Å². The average molecular weight is 412 g/mol. The number of halogens is 2. The van der Waals surface area contributed by atoms with E-state index in [1.165, 1.54) is 6.92 Å². The molecule has 126 valence electrons. The lowest BCUT2D eigenvalue weighted by Crippen LogP contribution is -2.24. The van der Waals surface area contributed by atoms with E-state index in [-0.39, 0.29) is 16.4 Å². The van der Waals surface area contributed by atoms with Crippen LogP contribution in [0.5, 0.6) is 5.75 Å². The maximum Gasteiger partial charge on any atom is 0.340 e. The first kappa shape index (κ1) is 18.5. The molecule has 0 saturated carbocycles. The summed E-state index contributed by atoms with van der Waals surface area (Å²) < 4.78 is 11.3. The van der Waals surface area contributed by atoms with Crippen LogP contribution in [0.2, 0.25) is 5.02 Å². The fraction of sp³-hybridized carbons (Fsp3) is 0.222. The topological polar surface area (TPSA) is 52.6 Å². The monoisotopic (exact) mass is 410 g/mol. The molecule has 0 amide bonds. The van der Waals surface area contributed by atoms with Crippen LogP contribution in [-0.4, -0.2) is 24.5 Å². The molecule has 0 N–H and O–H groups in total. The van der Waals surface area contributed by atoms with Gasteiger partial charge in [0.2, 0.25) is 5.78 Å². The van der Waals surface area contributed by atoms with Gasteiger partial charge in [-0.2, -0.15) is 0 Å². The lowest BCUT2D eigenvalue weighted by Gasteiger charge is -2.13. The minimum atomic E-state index is -0.925. The third-order valence-corrected chi connectivity index (χ3v) is 4.07. The van der Waals surface area contributed by atoms with Crippen LogP contribution in [0.15, 0.2) is 46.9 Å². The Balaban J connectivity index is 2.08. The summed E-state index contributed by atoms with van der Waals surface area (Å²) in [7, 11) is 0. The van der Waals surface area contributed by atoms with E-state index in [2.05, 4.69) is 15.9 Å². The van der Waals surface area contributed by atoms with Crippen molar-refractivity contribution in [2.45, 2.75) is 20.0 Å². The first-order valence-electron chi connectivity index (χ1n) is 7.35. The molecule has 4 nitrogen and oxygen atoms in total. The van der Waals surface area contributed by atoms with Crippen LogP contribution in [0, 0.1) is 0 Å². The smallest absolute Gasteiger partial charge is 0.340 e. The van der Waals surface area contributed by atoms with Gasteiger partial charge in [0.1, 0.15) is 5.75 Å². The summed E-state index contributed by atoms with van der Waals surface area (Å²) in [6.07, 6.45) is -0.925. The fourth-order valence-electron chi connectivity index (χ4n) is 2.05. The highest BCUT2D eigenvalue weighted by atomic mass is 79.9. The molecule has 0 aliphatic carbocycles. The van der Waals surface area contributed by atoms with E-state index in [0.29, 0.717) is 22.4 Å². The first-order chi connectivity index (χ1) is 11.4. The van der Waals surface area contributed by atoms with Crippen molar-refractivity contribution in [3.05, 3.63) is 63.1 Å². The summed E-state index contributed by atoms with van der Waals surface area (Å²) in [6.45, 7) is 3.96. The van der Waals surface area contributed by atoms with Crippen molar-refractivity contribution in [1.82, 2.24) is 0 Å². The van der Waals surface area contributed by atoms with E-state index in [1.54, 1.807) is 42.5 Å². The second-order valence-corrected chi connectivity index (χ2v) is 6.32. The highest BCUT2D eigenvalue weighted by Crippen LogP contribution is 2.22. The number of Topliss-reactive ketones (excluding diaryl/α,β-unsaturated/α-hetero) is 1. The minimum absolute atomic E-state index is 0.206. The quantitative estimate of drug-likeness (QED) is 0.499. The second-order valence-electron chi connectivity index (χ2n) is 4.99. The third-order valence-electron chi connectivity index (χ3n) is 3.25. The van der Waals surface area contributed by atoms with Gasteiger partial charge in [0.15, 0.2) is 6.10 Å². The Morgan fingerprint density at radius 2 is 1.83 bits per heavy atom. The van der Waals surface area contributed by atoms with E-state index in [0.717, 1.165) is 0 Å². The molecule has 0 saturated heterocycles. The number of carbonyl (C=O) groups is 2. The Hall–Kier alpha value is -1.85. The van der Waals surface area contributed by atoms with Gasteiger partial charge < -0.3 is 9.47 Å². The van der Waals surface area contributed by atoms with Gasteiger partial charge in [-0.1, -0.05) is 27.5 Å². The molecule has 0 aromatic heterocycles. The number of ether oxygens (including phenoxy) is 2. The second kappa shape index (κ2) is 8.31. The largest absolute Gasteiger partial charge is 0.494 e. The number of esters is 1. The van der Waals surface area contributed by atoms with Crippen molar-refractivity contribution in [1.29, 1.82) is 0 Å². The van der Waals surface area contributed by atoms with Gasteiger partial charge in [-0.3, -0.25) is 4.79 Å². The molecule has 2 aromatic carbocycles. The lowest BCUT2D eigenvalue weighted by atomic mass is 10.1. The van der Waals surface area contributed by atoms with Crippen LogP contribution in [-0.2, 0) is 4.74 Å². The standard InChI is InChI=1S/C18H16BrClO4/c1-3-23-14-7-4-12(5-8-14)17(21)11(2)24-18(22)15-10-13(19)6-9-16(15)20/h4-11H,3H2,1-2H3/t11-/m0/s1. The molecule has 0 unspecified atom stereocenters. The Morgan fingerprint density at radius 3 is 2.46 bits per heavy atom. The van der Waals surface area contributed by atoms with Gasteiger partial charge in [0, 0.05) is 10.0 Å². The van der Waals surface area contributed by atoms with Gasteiger partial charge in [-0.25, -0.2) is 4.79 Å². The number of hydrogen-bond acceptors (Lipinski definition) is 4. The van der Waals surface area contributed by atoms with Gasteiger partial charge in [0.25, 0.3) is 0 Å². The number of carbonyl (C=O) groups excluding carboxylic acids is 2. The van der Waals surface area contributed by atoms with E-state index >= 15 is 0 Å². The van der Waals surface area contributed by atoms with Crippen molar-refractivity contribution in [3.8, 4) is 5.75 Å². The SMILES string of the molecule is CCOc1ccc(C(=O)[C@H](C)OC(=O)c2cc(Br)ccc2Cl)cc1. The summed E-state index contributed by atoms with van der Waals surface area (Å²) in [5.41, 5.74) is 0.650. The molecule has 2 rings (SSSR count). The van der Waals surface area contributed by atoms with Crippen LogP contribution in [0.25, 0.3) is 0 Å². The minimum Gasteiger partial charge on any atom is -0.494 e. The predicted octanol–water partition coefficient (Wildman–Crippen LogP) is 4.93. The Bertz CT molecular complexity index is 743. The van der Waals surface area contributed by atoms with Crippen LogP contribution in [0.3, 0.4) is 0 Å². The van der Waals surface area contributed by atoms with Gasteiger partial charge in [-0.05, 0) is 56.3 Å². The predicted molar refractivity (Wildman–Crippen MR) is 96.0 cm³/mol. The average Bonchev–Trinajstić information content (AvgIpc) is 2.57. The first-order valence-corrected chi connectivity index (χ1v) is 8.52. The van der Waals surface area contributed by atoms with E-state index < -0.39 is 12.1 Å². The summed E-state index contributed by atoms with van der Waals surface area (Å²) in [6, 6.07) is 11.5. The highest BCUT2D eigenvalue weighted by molar-refractivity contribution is 9.10. The third kappa shape index (κ3) is 4.58. The maximum absolute atomic E-state index is 12.4. The summed E-state index contributed by atoms with van der Waals surface area (Å²) in [5.74, 6) is -0.259. The van der Waals surface area contributed by atoms with Crippen LogP contribution >= 0.6 is 27.5 Å². The molecule has 6 heteroatoms. The number of benzene rings is 2. The molecule has 0 fully saturated rings. The molecule has 0 bridgehead atoms. The molecule has 2 aromatic rings. The Kier molecular flexibility index (Phi) is 6.40. The van der Waals surface area contributed by atoms with Crippen molar-refractivity contribution in [2.24, 2.45) is 0 Å². The van der Waals surface area contributed by atoms with Crippen LogP contribution in [0.1, 0.15) is 34.6 Å². The van der Waals surface area contributed by atoms with E-state index in [1.807, 2.05) is 6.92 Å². The molecule has 24 heavy (non-hydrogen) atoms. The van der Waals surface area contributed by atoms with Crippen molar-refractivity contribution < 1.29 is 19.1 Å². The fourth-order valence-corrected chi connectivity index (χ4v) is 2.60. The zero-order chi connectivity index (χ0) is 17.7. The van der Waals surface area contributed by atoms with Crippen molar-refractivity contribution in [2.75, 3.05) is 6.61 Å². The molecule has 0 heterocycles. The number of ketones is 1. The van der Waals surface area contributed by atoms with E-state index in [9.17, 15) is 9.59 Å². The van der Waals surface area contributed by atoms with Crippen LogP contribution < -0.4 is 4.74 Å². The molecule has 1 atom stereocenters. The summed E-state index contributed by atoms with van der Waals surface area (Å²) in [4.78, 5) is 24.6. The number of hydrogen-bond donors (Lipinski definition) is 0. The molecule has 0 aliphatic heterocycles. The Labute approximate surface area is 153 Å². The number of rotatable bonds is 6. The normalized spacial score (nSPS) is 11.7. The maximum atomic E-state index is 12.4. The van der Waals surface area contributed by atoms with Gasteiger partial charge in [-0.15, -0.1) is 0 Å². The molecule has 0 aliphatic rings. The van der Waals surface area contributed by atoms with Crippen molar-refractivity contribution in [3.63, 3.8) is 0 Å². The molecular formula is C18H16BrClO4. The summed E-state index contributed by atoms with van der Waals surface area (Å²) >= 11 is 9.27. The zero-order valence-electron chi connectivity index (χ0n) is 13.2. The summed E-state index contributed by atoms with van der Waals surface area (Å²) in [5, 5.41) is 0.268. The zero-order valence-corrected chi connectivity index (χ0v) is 15.6. The van der Waals surface area contributed by atoms with Crippen LogP contribution in [0.4, 0.5) is 0 Å². The van der Waals surface area contributed by atoms with Crippen molar-refractivity contribution >= 4 is 39.3 Å². The molecule has 0 radical (unpaired) electrons. The highest BCUT2D eigenvalue weighted by Gasteiger charge is 2.22. The lowest BCUT2D eigenvalue weighted by molar-refractivity contribution is 0.0319.